The molecule has 0 aliphatic rings. The smallest absolute Gasteiger partial charge is 0.265 e. The third kappa shape index (κ3) is 4.59. The molecule has 0 aliphatic heterocycles. The molecule has 0 fully saturated rings. The Bertz CT molecular complexity index is 949. The van der Waals surface area contributed by atoms with E-state index in [0.29, 0.717) is 17.0 Å². The minimum Gasteiger partial charge on any atom is -0.481 e. The summed E-state index contributed by atoms with van der Waals surface area (Å²) < 4.78 is 31.0. The number of sulfonamides is 1. The summed E-state index contributed by atoms with van der Waals surface area (Å²) in [4.78, 5) is 12.4. The predicted molar refractivity (Wildman–Crippen MR) is 97.2 cm³/mol. The highest BCUT2D eigenvalue weighted by Gasteiger charge is 2.19. The summed E-state index contributed by atoms with van der Waals surface area (Å²) in [5, 5.41) is 11.5. The van der Waals surface area contributed by atoms with Crippen LogP contribution in [0.3, 0.4) is 0 Å². The van der Waals surface area contributed by atoms with Crippen LogP contribution in [0.4, 0.5) is 5.69 Å². The molecule has 0 radical (unpaired) electrons. The zero-order valence-corrected chi connectivity index (χ0v) is 15.4. The second-order valence-electron chi connectivity index (χ2n) is 5.70. The van der Waals surface area contributed by atoms with Crippen LogP contribution in [0.25, 0.3) is 0 Å². The number of rotatable bonds is 6. The van der Waals surface area contributed by atoms with Gasteiger partial charge in [-0.05, 0) is 43.3 Å². The Hall–Kier alpha value is -2.89. The van der Waals surface area contributed by atoms with Crippen molar-refractivity contribution < 1.29 is 17.9 Å². The van der Waals surface area contributed by atoms with Crippen molar-refractivity contribution in [2.75, 3.05) is 19.4 Å². The van der Waals surface area contributed by atoms with Gasteiger partial charge in [-0.25, -0.2) is 12.7 Å². The highest BCUT2D eigenvalue weighted by atomic mass is 32.2. The third-order valence-electron chi connectivity index (χ3n) is 3.53. The maximum Gasteiger partial charge on any atom is 0.265 e. The fourth-order valence-corrected chi connectivity index (χ4v) is 3.03. The normalized spacial score (nSPS) is 12.3. The average molecular weight is 373 g/mol. The maximum atomic E-state index is 12.3. The van der Waals surface area contributed by atoms with Crippen LogP contribution in [-0.2, 0) is 14.8 Å². The average Bonchev–Trinajstić information content (AvgIpc) is 2.61. The Balaban J connectivity index is 2.11. The number of ether oxygens (including phenoxy) is 1. The predicted octanol–water partition coefficient (Wildman–Crippen LogP) is 2.21. The SMILES string of the molecule is C[C@H](Oc1cccc(C#N)c1)C(=O)Nc1cccc(S(=O)(=O)N(C)C)c1. The summed E-state index contributed by atoms with van der Waals surface area (Å²) in [5.74, 6) is -0.0394. The molecule has 0 saturated carbocycles. The van der Waals surface area contributed by atoms with Gasteiger partial charge in [-0.3, -0.25) is 4.79 Å². The van der Waals surface area contributed by atoms with E-state index in [9.17, 15) is 13.2 Å². The van der Waals surface area contributed by atoms with Gasteiger partial charge in [0, 0.05) is 19.8 Å². The van der Waals surface area contributed by atoms with Crippen molar-refractivity contribution in [3.8, 4) is 11.8 Å². The number of carbonyl (C=O) groups is 1. The molecule has 2 aromatic carbocycles. The van der Waals surface area contributed by atoms with Crippen molar-refractivity contribution >= 4 is 21.6 Å². The molecule has 0 unspecified atom stereocenters. The summed E-state index contributed by atoms with van der Waals surface area (Å²) in [6, 6.07) is 14.5. The van der Waals surface area contributed by atoms with Gasteiger partial charge in [0.05, 0.1) is 16.5 Å². The number of anilines is 1. The second-order valence-corrected chi connectivity index (χ2v) is 7.86. The lowest BCUT2D eigenvalue weighted by molar-refractivity contribution is -0.122. The van der Waals surface area contributed by atoms with E-state index >= 15 is 0 Å². The molecule has 0 saturated heterocycles. The fraction of sp³-hybridized carbons (Fsp3) is 0.222. The number of amides is 1. The van der Waals surface area contributed by atoms with Gasteiger partial charge >= 0.3 is 0 Å². The van der Waals surface area contributed by atoms with Crippen molar-refractivity contribution in [3.05, 3.63) is 54.1 Å². The molecule has 7 nitrogen and oxygen atoms in total. The Morgan fingerprint density at radius 2 is 1.88 bits per heavy atom. The number of nitriles is 1. The lowest BCUT2D eigenvalue weighted by Crippen LogP contribution is -2.30. The number of hydrogen-bond donors (Lipinski definition) is 1. The highest BCUT2D eigenvalue weighted by Crippen LogP contribution is 2.19. The lowest BCUT2D eigenvalue weighted by Gasteiger charge is -2.16. The van der Waals surface area contributed by atoms with Crippen molar-refractivity contribution in [1.82, 2.24) is 4.31 Å². The van der Waals surface area contributed by atoms with Crippen molar-refractivity contribution in [3.63, 3.8) is 0 Å². The number of carbonyl (C=O) groups excluding carboxylic acids is 1. The molecule has 0 spiro atoms. The Morgan fingerprint density at radius 3 is 2.54 bits per heavy atom. The maximum absolute atomic E-state index is 12.3. The van der Waals surface area contributed by atoms with Crippen LogP contribution in [0, 0.1) is 11.3 Å². The van der Waals surface area contributed by atoms with Gasteiger partial charge < -0.3 is 10.1 Å². The first-order valence-electron chi connectivity index (χ1n) is 7.74. The van der Waals surface area contributed by atoms with E-state index in [2.05, 4.69) is 5.32 Å². The molecule has 1 atom stereocenters. The zero-order chi connectivity index (χ0) is 19.3. The molecule has 26 heavy (non-hydrogen) atoms. The molecule has 8 heteroatoms. The summed E-state index contributed by atoms with van der Waals surface area (Å²) in [7, 11) is -0.719. The van der Waals surface area contributed by atoms with E-state index in [1.54, 1.807) is 37.3 Å². The second kappa shape index (κ2) is 7.99. The summed E-state index contributed by atoms with van der Waals surface area (Å²) in [6.45, 7) is 1.56. The van der Waals surface area contributed by atoms with Gasteiger partial charge in [0.15, 0.2) is 6.10 Å². The molecule has 1 amide bonds. The van der Waals surface area contributed by atoms with Gasteiger partial charge in [0.25, 0.3) is 5.91 Å². The molecule has 0 aromatic heterocycles. The van der Waals surface area contributed by atoms with E-state index in [4.69, 9.17) is 10.00 Å². The Morgan fingerprint density at radius 1 is 1.19 bits per heavy atom. The van der Waals surface area contributed by atoms with Gasteiger partial charge in [-0.2, -0.15) is 5.26 Å². The number of benzene rings is 2. The van der Waals surface area contributed by atoms with Crippen LogP contribution < -0.4 is 10.1 Å². The summed E-state index contributed by atoms with van der Waals surface area (Å²) in [6.07, 6.45) is -0.835. The fourth-order valence-electron chi connectivity index (χ4n) is 2.09. The van der Waals surface area contributed by atoms with Crippen LogP contribution in [0.5, 0.6) is 5.75 Å². The molecular weight excluding hydrogens is 354 g/mol. The minimum absolute atomic E-state index is 0.0793. The van der Waals surface area contributed by atoms with Crippen LogP contribution >= 0.6 is 0 Å². The largest absolute Gasteiger partial charge is 0.481 e. The van der Waals surface area contributed by atoms with Crippen molar-refractivity contribution in [1.29, 1.82) is 5.26 Å². The van der Waals surface area contributed by atoms with E-state index < -0.39 is 22.0 Å². The van der Waals surface area contributed by atoms with Crippen LogP contribution in [-0.4, -0.2) is 38.8 Å². The molecule has 2 aromatic rings. The molecule has 2 rings (SSSR count). The van der Waals surface area contributed by atoms with Gasteiger partial charge in [-0.15, -0.1) is 0 Å². The van der Waals surface area contributed by atoms with E-state index in [0.717, 1.165) is 4.31 Å². The van der Waals surface area contributed by atoms with E-state index in [1.165, 1.54) is 32.3 Å². The molecule has 1 N–H and O–H groups in total. The van der Waals surface area contributed by atoms with E-state index in [-0.39, 0.29) is 4.90 Å². The number of nitrogens with zero attached hydrogens (tertiary/aromatic N) is 2. The van der Waals surface area contributed by atoms with Gasteiger partial charge in [-0.1, -0.05) is 12.1 Å². The van der Waals surface area contributed by atoms with Gasteiger partial charge in [0.1, 0.15) is 5.75 Å². The standard InChI is InChI=1S/C18H19N3O4S/c1-13(25-16-8-4-6-14(10-16)12-19)18(22)20-15-7-5-9-17(11-15)26(23,24)21(2)3/h4-11,13H,1-3H3,(H,20,22)/t13-/m0/s1. The van der Waals surface area contributed by atoms with Crippen LogP contribution in [0.2, 0.25) is 0 Å². The quantitative estimate of drug-likeness (QED) is 0.837. The number of nitrogens with one attached hydrogen (secondary N) is 1. The molecular formula is C18H19N3O4S. The zero-order valence-electron chi connectivity index (χ0n) is 14.6. The molecule has 0 heterocycles. The van der Waals surface area contributed by atoms with Gasteiger partial charge in [0.2, 0.25) is 10.0 Å². The van der Waals surface area contributed by atoms with E-state index in [1.807, 2.05) is 6.07 Å². The van der Waals surface area contributed by atoms with Crippen LogP contribution in [0.1, 0.15) is 12.5 Å². The first-order valence-corrected chi connectivity index (χ1v) is 9.18. The lowest BCUT2D eigenvalue weighted by atomic mass is 10.2. The Kier molecular flexibility index (Phi) is 5.97. The van der Waals surface area contributed by atoms with Crippen molar-refractivity contribution in [2.45, 2.75) is 17.9 Å². The topological polar surface area (TPSA) is 99.5 Å². The number of hydrogen-bond acceptors (Lipinski definition) is 5. The van der Waals surface area contributed by atoms with Crippen LogP contribution in [0.15, 0.2) is 53.4 Å². The van der Waals surface area contributed by atoms with Crippen molar-refractivity contribution in [2.24, 2.45) is 0 Å². The first kappa shape index (κ1) is 19.4. The summed E-state index contributed by atoms with van der Waals surface area (Å²) in [5.41, 5.74) is 0.774. The third-order valence-corrected chi connectivity index (χ3v) is 5.34. The monoisotopic (exact) mass is 373 g/mol. The summed E-state index contributed by atoms with van der Waals surface area (Å²) >= 11 is 0. The molecule has 0 aliphatic carbocycles. The highest BCUT2D eigenvalue weighted by molar-refractivity contribution is 7.89. The Labute approximate surface area is 152 Å². The molecule has 0 bridgehead atoms. The first-order chi connectivity index (χ1) is 12.2. The molecule has 136 valence electrons. The minimum atomic E-state index is -3.59.